The molecule has 1 fully saturated rings. The molecule has 0 radical (unpaired) electrons. The molecule has 1 saturated heterocycles. The van der Waals surface area contributed by atoms with E-state index in [1.165, 1.54) is 0 Å². The number of nitrogens with one attached hydrogen (secondary N) is 1. The zero-order valence-corrected chi connectivity index (χ0v) is 9.42. The van der Waals surface area contributed by atoms with Gasteiger partial charge in [-0.25, -0.2) is 0 Å². The lowest BCUT2D eigenvalue weighted by molar-refractivity contribution is -0.134. The predicted molar refractivity (Wildman–Crippen MR) is 56.8 cm³/mol. The molecule has 2 heterocycles. The highest BCUT2D eigenvalue weighted by atomic mass is 16.5. The summed E-state index contributed by atoms with van der Waals surface area (Å²) in [5.74, 6) is -1.40. The molecule has 2 rings (SSSR count). The fourth-order valence-electron chi connectivity index (χ4n) is 2.15. The average molecular weight is 241 g/mol. The summed E-state index contributed by atoms with van der Waals surface area (Å²) in [6, 6.07) is 0. The topological polar surface area (TPSA) is 95.9 Å². The van der Waals surface area contributed by atoms with Gasteiger partial charge in [0.25, 0.3) is 5.91 Å². The van der Waals surface area contributed by atoms with E-state index in [-0.39, 0.29) is 13.0 Å². The van der Waals surface area contributed by atoms with Crippen molar-refractivity contribution in [2.45, 2.75) is 31.7 Å². The number of aliphatic hydroxyl groups is 2. The van der Waals surface area contributed by atoms with E-state index in [2.05, 4.69) is 5.32 Å². The minimum atomic E-state index is -0.774. The minimum Gasteiger partial charge on any atom is -0.394 e. The van der Waals surface area contributed by atoms with Crippen molar-refractivity contribution in [3.05, 3.63) is 11.6 Å². The van der Waals surface area contributed by atoms with Gasteiger partial charge in [-0.15, -0.1) is 0 Å². The Bertz CT molecular complexity index is 378. The molecule has 2 amide bonds. The molecule has 0 aromatic carbocycles. The average Bonchev–Trinajstić information content (AvgIpc) is 2.65. The van der Waals surface area contributed by atoms with Crippen LogP contribution in [0.25, 0.3) is 0 Å². The van der Waals surface area contributed by atoms with Gasteiger partial charge in [0.15, 0.2) is 0 Å². The highest BCUT2D eigenvalue weighted by Gasteiger charge is 2.41. The molecule has 0 saturated carbocycles. The Morgan fingerprint density at radius 1 is 1.53 bits per heavy atom. The Hall–Kier alpha value is -1.24. The normalized spacial score (nSPS) is 37.9. The first-order valence-corrected chi connectivity index (χ1v) is 5.51. The van der Waals surface area contributed by atoms with Crippen molar-refractivity contribution < 1.29 is 24.5 Å². The van der Waals surface area contributed by atoms with E-state index >= 15 is 0 Å². The lowest BCUT2D eigenvalue weighted by atomic mass is 9.93. The summed E-state index contributed by atoms with van der Waals surface area (Å²) in [6.45, 7) is 1.33. The fraction of sp³-hybridized carbons (Fsp3) is 0.636. The standard InChI is InChI=1S/C11H15NO5/c1-5-2-6(11(16)12-10(5)15)8-3-7(14)9(4-13)17-8/h2,6-9,13-14H,3-4H2,1H3,(H,12,15,16). The maximum absolute atomic E-state index is 11.6. The van der Waals surface area contributed by atoms with Gasteiger partial charge < -0.3 is 14.9 Å². The number of carbonyl (C=O) groups excluding carboxylic acids is 2. The Labute approximate surface area is 98.3 Å². The monoisotopic (exact) mass is 241 g/mol. The number of amides is 2. The first-order valence-electron chi connectivity index (χ1n) is 5.51. The summed E-state index contributed by atoms with van der Waals surface area (Å²) in [7, 11) is 0. The third kappa shape index (κ3) is 2.24. The quantitative estimate of drug-likeness (QED) is 0.523. The lowest BCUT2D eigenvalue weighted by Crippen LogP contribution is -2.44. The van der Waals surface area contributed by atoms with Crippen LogP contribution in [0.15, 0.2) is 11.6 Å². The molecule has 0 aromatic heterocycles. The Morgan fingerprint density at radius 3 is 2.82 bits per heavy atom. The molecule has 6 heteroatoms. The minimum absolute atomic E-state index is 0.279. The van der Waals surface area contributed by atoms with Gasteiger partial charge in [-0.2, -0.15) is 0 Å². The van der Waals surface area contributed by atoms with Crippen LogP contribution in [-0.2, 0) is 14.3 Å². The second-order valence-electron chi connectivity index (χ2n) is 4.39. The number of rotatable bonds is 2. The van der Waals surface area contributed by atoms with Gasteiger partial charge in [-0.1, -0.05) is 6.08 Å². The molecule has 0 spiro atoms. The summed E-state index contributed by atoms with van der Waals surface area (Å²) in [4.78, 5) is 22.9. The smallest absolute Gasteiger partial charge is 0.253 e. The van der Waals surface area contributed by atoms with E-state index in [1.807, 2.05) is 0 Å². The van der Waals surface area contributed by atoms with Crippen LogP contribution >= 0.6 is 0 Å². The summed E-state index contributed by atoms with van der Waals surface area (Å²) in [6.07, 6.45) is -0.0898. The van der Waals surface area contributed by atoms with Crippen LogP contribution < -0.4 is 5.32 Å². The number of aliphatic hydroxyl groups excluding tert-OH is 2. The van der Waals surface area contributed by atoms with Crippen molar-refractivity contribution in [3.8, 4) is 0 Å². The zero-order chi connectivity index (χ0) is 12.6. The number of hydrogen-bond acceptors (Lipinski definition) is 5. The van der Waals surface area contributed by atoms with Gasteiger partial charge in [0, 0.05) is 12.0 Å². The molecule has 17 heavy (non-hydrogen) atoms. The molecular formula is C11H15NO5. The summed E-state index contributed by atoms with van der Waals surface area (Å²) >= 11 is 0. The van der Waals surface area contributed by atoms with Crippen LogP contribution in [0.2, 0.25) is 0 Å². The van der Waals surface area contributed by atoms with Crippen LogP contribution in [0.3, 0.4) is 0 Å². The molecule has 2 aliphatic heterocycles. The summed E-state index contributed by atoms with van der Waals surface area (Å²) in [5, 5.41) is 20.8. The fourth-order valence-corrected chi connectivity index (χ4v) is 2.15. The van der Waals surface area contributed by atoms with Gasteiger partial charge in [0.2, 0.25) is 5.91 Å². The second kappa shape index (κ2) is 4.56. The highest BCUT2D eigenvalue weighted by molar-refractivity contribution is 6.08. The lowest BCUT2D eigenvalue weighted by Gasteiger charge is -2.23. The van der Waals surface area contributed by atoms with E-state index in [4.69, 9.17) is 9.84 Å². The van der Waals surface area contributed by atoms with Gasteiger partial charge in [-0.3, -0.25) is 14.9 Å². The van der Waals surface area contributed by atoms with E-state index < -0.39 is 36.0 Å². The Kier molecular flexibility index (Phi) is 3.28. The molecule has 94 valence electrons. The summed E-state index contributed by atoms with van der Waals surface area (Å²) < 4.78 is 5.40. The third-order valence-corrected chi connectivity index (χ3v) is 3.16. The molecule has 4 unspecified atom stereocenters. The SMILES string of the molecule is CC1=CC(C2CC(O)C(CO)O2)C(=O)NC1=O. The first kappa shape index (κ1) is 12.2. The molecule has 3 N–H and O–H groups in total. The van der Waals surface area contributed by atoms with Crippen LogP contribution in [-0.4, -0.2) is 46.9 Å². The number of carbonyl (C=O) groups is 2. The maximum atomic E-state index is 11.6. The van der Waals surface area contributed by atoms with E-state index in [9.17, 15) is 14.7 Å². The van der Waals surface area contributed by atoms with Gasteiger partial charge in [-0.05, 0) is 6.92 Å². The molecule has 2 aliphatic rings. The zero-order valence-electron chi connectivity index (χ0n) is 9.42. The number of ether oxygens (including phenoxy) is 1. The van der Waals surface area contributed by atoms with Crippen LogP contribution in [0.1, 0.15) is 13.3 Å². The van der Waals surface area contributed by atoms with Crippen molar-refractivity contribution in [3.63, 3.8) is 0 Å². The van der Waals surface area contributed by atoms with Crippen LogP contribution in [0.4, 0.5) is 0 Å². The van der Waals surface area contributed by atoms with Crippen molar-refractivity contribution in [1.29, 1.82) is 0 Å². The summed E-state index contributed by atoms with van der Waals surface area (Å²) in [5.41, 5.74) is 0.458. The van der Waals surface area contributed by atoms with Gasteiger partial charge in [0.1, 0.15) is 6.10 Å². The van der Waals surface area contributed by atoms with Crippen molar-refractivity contribution >= 4 is 11.8 Å². The van der Waals surface area contributed by atoms with E-state index in [0.717, 1.165) is 0 Å². The van der Waals surface area contributed by atoms with Crippen molar-refractivity contribution in [1.82, 2.24) is 5.32 Å². The molecule has 0 aliphatic carbocycles. The maximum Gasteiger partial charge on any atom is 0.253 e. The number of imide groups is 1. The molecule has 0 bridgehead atoms. The molecule has 4 atom stereocenters. The van der Waals surface area contributed by atoms with Gasteiger partial charge in [0.05, 0.1) is 24.7 Å². The van der Waals surface area contributed by atoms with E-state index in [0.29, 0.717) is 5.57 Å². The third-order valence-electron chi connectivity index (χ3n) is 3.16. The van der Waals surface area contributed by atoms with Crippen molar-refractivity contribution in [2.75, 3.05) is 6.61 Å². The Balaban J connectivity index is 2.13. The van der Waals surface area contributed by atoms with Crippen LogP contribution in [0.5, 0.6) is 0 Å². The predicted octanol–water partition coefficient (Wildman–Crippen LogP) is -1.28. The van der Waals surface area contributed by atoms with Crippen LogP contribution in [0, 0.1) is 5.92 Å². The highest BCUT2D eigenvalue weighted by Crippen LogP contribution is 2.28. The van der Waals surface area contributed by atoms with Gasteiger partial charge >= 0.3 is 0 Å². The largest absolute Gasteiger partial charge is 0.394 e. The van der Waals surface area contributed by atoms with Crippen molar-refractivity contribution in [2.24, 2.45) is 5.92 Å². The Morgan fingerprint density at radius 2 is 2.24 bits per heavy atom. The molecule has 6 nitrogen and oxygen atoms in total. The molecular weight excluding hydrogens is 226 g/mol. The first-order chi connectivity index (χ1) is 8.02. The van der Waals surface area contributed by atoms with E-state index in [1.54, 1.807) is 13.0 Å². The number of hydrogen-bond donors (Lipinski definition) is 3. The second-order valence-corrected chi connectivity index (χ2v) is 4.39. The molecule has 0 aromatic rings.